The predicted octanol–water partition coefficient (Wildman–Crippen LogP) is 2.44. The molecule has 0 aliphatic heterocycles. The molecule has 2 aromatic heterocycles. The van der Waals surface area contributed by atoms with Gasteiger partial charge in [-0.1, -0.05) is 40.2 Å². The zero-order chi connectivity index (χ0) is 19.5. The molecule has 8 nitrogen and oxygen atoms in total. The van der Waals surface area contributed by atoms with Crippen LogP contribution in [0.25, 0.3) is 11.0 Å². The Morgan fingerprint density at radius 3 is 2.68 bits per heavy atom. The summed E-state index contributed by atoms with van der Waals surface area (Å²) in [6, 6.07) is 15.0. The largest absolute Gasteiger partial charge is 0.296 e. The number of rotatable bonds is 5. The van der Waals surface area contributed by atoms with Crippen molar-refractivity contribution in [1.29, 1.82) is 0 Å². The van der Waals surface area contributed by atoms with Crippen molar-refractivity contribution in [3.8, 4) is 0 Å². The number of anilines is 1. The second kappa shape index (κ2) is 7.73. The normalized spacial score (nSPS) is 10.9. The molecule has 4 rings (SSSR count). The fourth-order valence-corrected chi connectivity index (χ4v) is 3.05. The zero-order valence-corrected chi connectivity index (χ0v) is 16.2. The first-order valence-corrected chi connectivity index (χ1v) is 9.26. The molecule has 140 valence electrons. The van der Waals surface area contributed by atoms with Crippen LogP contribution in [0.3, 0.4) is 0 Å². The molecule has 1 amide bonds. The molecule has 4 aromatic rings. The molecule has 9 heteroatoms. The summed E-state index contributed by atoms with van der Waals surface area (Å²) < 4.78 is 4.00. The van der Waals surface area contributed by atoms with Crippen molar-refractivity contribution in [1.82, 2.24) is 24.3 Å². The van der Waals surface area contributed by atoms with E-state index in [4.69, 9.17) is 0 Å². The Hall–Kier alpha value is -3.33. The molecular weight excluding hydrogens is 424 g/mol. The highest BCUT2D eigenvalue weighted by Gasteiger charge is 2.11. The highest BCUT2D eigenvalue weighted by molar-refractivity contribution is 9.10. The summed E-state index contributed by atoms with van der Waals surface area (Å²) >= 11 is 3.40. The summed E-state index contributed by atoms with van der Waals surface area (Å²) in [5.74, 6) is -0.201. The second-order valence-electron chi connectivity index (χ2n) is 6.11. The van der Waals surface area contributed by atoms with E-state index >= 15 is 0 Å². The van der Waals surface area contributed by atoms with E-state index in [0.717, 1.165) is 10.0 Å². The number of amides is 1. The maximum atomic E-state index is 12.4. The van der Waals surface area contributed by atoms with Crippen molar-refractivity contribution in [2.75, 3.05) is 5.32 Å². The molecule has 1 N–H and O–H groups in total. The monoisotopic (exact) mass is 438 g/mol. The van der Waals surface area contributed by atoms with Crippen molar-refractivity contribution < 1.29 is 4.79 Å². The number of halogens is 1. The summed E-state index contributed by atoms with van der Waals surface area (Å²) in [7, 11) is 0. The molecular formula is C19H15BrN6O2. The minimum atomic E-state index is -0.389. The van der Waals surface area contributed by atoms with Crippen LogP contribution in [0.1, 0.15) is 5.56 Å². The quantitative estimate of drug-likeness (QED) is 0.516. The number of benzene rings is 2. The SMILES string of the molecule is O=C(Cn1c(=O)cnc2ccccc21)Nc1ncn(Cc2ccc(Br)cc2)n1. The van der Waals surface area contributed by atoms with Gasteiger partial charge in [0.2, 0.25) is 11.9 Å². The van der Waals surface area contributed by atoms with Crippen molar-refractivity contribution in [3.63, 3.8) is 0 Å². The van der Waals surface area contributed by atoms with E-state index < -0.39 is 0 Å². The van der Waals surface area contributed by atoms with E-state index in [1.54, 1.807) is 29.2 Å². The topological polar surface area (TPSA) is 94.7 Å². The molecule has 0 unspecified atom stereocenters. The minimum absolute atomic E-state index is 0.150. The minimum Gasteiger partial charge on any atom is -0.296 e. The van der Waals surface area contributed by atoms with Crippen LogP contribution in [0.5, 0.6) is 0 Å². The lowest BCUT2D eigenvalue weighted by Gasteiger charge is -2.08. The van der Waals surface area contributed by atoms with Crippen LogP contribution in [0, 0.1) is 0 Å². The molecule has 2 heterocycles. The van der Waals surface area contributed by atoms with Gasteiger partial charge in [0.25, 0.3) is 5.56 Å². The highest BCUT2D eigenvalue weighted by Crippen LogP contribution is 2.12. The van der Waals surface area contributed by atoms with Gasteiger partial charge in [0.1, 0.15) is 12.9 Å². The Bertz CT molecular complexity index is 1200. The number of para-hydroxylation sites is 2. The van der Waals surface area contributed by atoms with Crippen LogP contribution in [0.4, 0.5) is 5.95 Å². The lowest BCUT2D eigenvalue weighted by atomic mass is 10.2. The standard InChI is InChI=1S/C19H15BrN6O2/c20-14-7-5-13(6-8-14)10-25-12-22-19(24-25)23-17(27)11-26-16-4-2-1-3-15(16)21-9-18(26)28/h1-9,12H,10-11H2,(H,23,24,27). The van der Waals surface area contributed by atoms with Gasteiger partial charge in [-0.3, -0.25) is 19.5 Å². The smallest absolute Gasteiger partial charge is 0.269 e. The number of aromatic nitrogens is 5. The third-order valence-corrected chi connectivity index (χ3v) is 4.63. The predicted molar refractivity (Wildman–Crippen MR) is 108 cm³/mol. The van der Waals surface area contributed by atoms with Crippen LogP contribution >= 0.6 is 15.9 Å². The summed E-state index contributed by atoms with van der Waals surface area (Å²) in [4.78, 5) is 32.7. The number of carbonyl (C=O) groups excluding carboxylic acids is 1. The number of hydrogen-bond donors (Lipinski definition) is 1. The van der Waals surface area contributed by atoms with Gasteiger partial charge in [0.15, 0.2) is 0 Å². The van der Waals surface area contributed by atoms with Crippen molar-refractivity contribution in [3.05, 3.63) is 81.4 Å². The Balaban J connectivity index is 1.46. The van der Waals surface area contributed by atoms with Gasteiger partial charge in [-0.15, -0.1) is 5.10 Å². The molecule has 0 saturated carbocycles. The lowest BCUT2D eigenvalue weighted by molar-refractivity contribution is -0.116. The van der Waals surface area contributed by atoms with E-state index in [9.17, 15) is 9.59 Å². The average molecular weight is 439 g/mol. The fourth-order valence-electron chi connectivity index (χ4n) is 2.79. The molecule has 0 aliphatic carbocycles. The van der Waals surface area contributed by atoms with E-state index in [2.05, 4.69) is 36.3 Å². The first-order chi connectivity index (χ1) is 13.6. The highest BCUT2D eigenvalue weighted by atomic mass is 79.9. The molecule has 0 radical (unpaired) electrons. The molecule has 28 heavy (non-hydrogen) atoms. The van der Waals surface area contributed by atoms with Crippen molar-refractivity contribution >= 4 is 38.8 Å². The van der Waals surface area contributed by atoms with Gasteiger partial charge in [0.05, 0.1) is 23.8 Å². The van der Waals surface area contributed by atoms with Crippen LogP contribution in [-0.2, 0) is 17.9 Å². The summed E-state index contributed by atoms with van der Waals surface area (Å²) in [6.07, 6.45) is 2.76. The van der Waals surface area contributed by atoms with Gasteiger partial charge in [-0.25, -0.2) is 14.6 Å². The molecule has 0 saturated heterocycles. The first-order valence-electron chi connectivity index (χ1n) is 8.47. The van der Waals surface area contributed by atoms with E-state index in [1.807, 2.05) is 30.3 Å². The van der Waals surface area contributed by atoms with Crippen molar-refractivity contribution in [2.45, 2.75) is 13.1 Å². The van der Waals surface area contributed by atoms with Gasteiger partial charge >= 0.3 is 0 Å². The van der Waals surface area contributed by atoms with Gasteiger partial charge in [-0.2, -0.15) is 0 Å². The number of fused-ring (bicyclic) bond motifs is 1. The second-order valence-corrected chi connectivity index (χ2v) is 7.03. The average Bonchev–Trinajstić information content (AvgIpc) is 3.12. The Kier molecular flexibility index (Phi) is 4.98. The molecule has 0 fully saturated rings. The van der Waals surface area contributed by atoms with Crippen LogP contribution < -0.4 is 10.9 Å². The molecule has 2 aromatic carbocycles. The molecule has 0 spiro atoms. The Morgan fingerprint density at radius 2 is 1.86 bits per heavy atom. The van der Waals surface area contributed by atoms with Gasteiger partial charge < -0.3 is 0 Å². The van der Waals surface area contributed by atoms with E-state index in [-0.39, 0.29) is 24.0 Å². The number of nitrogens with one attached hydrogen (secondary N) is 1. The number of carbonyl (C=O) groups is 1. The fraction of sp³-hybridized carbons (Fsp3) is 0.105. The third kappa shape index (κ3) is 3.99. The molecule has 0 bridgehead atoms. The van der Waals surface area contributed by atoms with Crippen LogP contribution in [0.2, 0.25) is 0 Å². The van der Waals surface area contributed by atoms with Crippen molar-refractivity contribution in [2.24, 2.45) is 0 Å². The van der Waals surface area contributed by atoms with Gasteiger partial charge in [0, 0.05) is 4.47 Å². The summed E-state index contributed by atoms with van der Waals surface area (Å²) in [5, 5.41) is 6.88. The lowest BCUT2D eigenvalue weighted by Crippen LogP contribution is -2.28. The van der Waals surface area contributed by atoms with E-state index in [1.165, 1.54) is 10.8 Å². The maximum absolute atomic E-state index is 12.4. The number of hydrogen-bond acceptors (Lipinski definition) is 5. The van der Waals surface area contributed by atoms with Crippen LogP contribution in [0.15, 0.2) is 70.3 Å². The number of nitrogens with zero attached hydrogens (tertiary/aromatic N) is 5. The Labute approximate surface area is 168 Å². The zero-order valence-electron chi connectivity index (χ0n) is 14.6. The maximum Gasteiger partial charge on any atom is 0.269 e. The first kappa shape index (κ1) is 18.1. The third-order valence-electron chi connectivity index (χ3n) is 4.10. The Morgan fingerprint density at radius 1 is 1.07 bits per heavy atom. The van der Waals surface area contributed by atoms with E-state index in [0.29, 0.717) is 17.6 Å². The van der Waals surface area contributed by atoms with Crippen LogP contribution in [-0.4, -0.2) is 30.2 Å². The van der Waals surface area contributed by atoms with Gasteiger partial charge in [-0.05, 0) is 29.8 Å². The molecule has 0 aliphatic rings. The summed E-state index contributed by atoms with van der Waals surface area (Å²) in [5.41, 5.74) is 1.95. The molecule has 0 atom stereocenters. The summed E-state index contributed by atoms with van der Waals surface area (Å²) in [6.45, 7) is 0.383.